The lowest BCUT2D eigenvalue weighted by atomic mass is 10.0. The van der Waals surface area contributed by atoms with Crippen molar-refractivity contribution in [1.29, 1.82) is 0 Å². The van der Waals surface area contributed by atoms with E-state index in [2.05, 4.69) is 34.6 Å². The van der Waals surface area contributed by atoms with E-state index in [1.165, 1.54) is 116 Å². The first-order valence-electron chi connectivity index (χ1n) is 21.2. The van der Waals surface area contributed by atoms with Gasteiger partial charge in [-0.05, 0) is 31.1 Å². The van der Waals surface area contributed by atoms with Gasteiger partial charge >= 0.3 is 17.9 Å². The van der Waals surface area contributed by atoms with Crippen LogP contribution in [0, 0.1) is 11.8 Å². The van der Waals surface area contributed by atoms with E-state index >= 15 is 0 Å². The first-order chi connectivity index (χ1) is 23.7. The molecule has 0 aromatic rings. The molecule has 0 saturated carbocycles. The van der Waals surface area contributed by atoms with Gasteiger partial charge in [-0.25, -0.2) is 0 Å². The second kappa shape index (κ2) is 36.2. The summed E-state index contributed by atoms with van der Waals surface area (Å²) in [5.41, 5.74) is 0. The quantitative estimate of drug-likeness (QED) is 0.0366. The molecule has 1 atom stereocenters. The van der Waals surface area contributed by atoms with Crippen LogP contribution in [0.25, 0.3) is 0 Å². The highest BCUT2D eigenvalue weighted by molar-refractivity contribution is 5.71. The van der Waals surface area contributed by atoms with Gasteiger partial charge in [0.05, 0.1) is 0 Å². The number of carbonyl (C=O) groups is 3. The zero-order valence-corrected chi connectivity index (χ0v) is 33.3. The average molecular weight is 695 g/mol. The number of rotatable bonds is 37. The fraction of sp³-hybridized carbons (Fsp3) is 0.930. The van der Waals surface area contributed by atoms with Gasteiger partial charge in [0.1, 0.15) is 13.2 Å². The van der Waals surface area contributed by atoms with E-state index in [-0.39, 0.29) is 31.1 Å². The van der Waals surface area contributed by atoms with Crippen LogP contribution >= 0.6 is 0 Å². The zero-order chi connectivity index (χ0) is 36.2. The van der Waals surface area contributed by atoms with Gasteiger partial charge in [0.15, 0.2) is 6.10 Å². The third-order valence-electron chi connectivity index (χ3n) is 9.47. The van der Waals surface area contributed by atoms with E-state index in [1.54, 1.807) is 0 Å². The van der Waals surface area contributed by atoms with Crippen molar-refractivity contribution in [2.75, 3.05) is 13.2 Å². The molecule has 6 nitrogen and oxygen atoms in total. The van der Waals surface area contributed by atoms with Gasteiger partial charge < -0.3 is 14.2 Å². The molecule has 0 spiro atoms. The second-order valence-electron chi connectivity index (χ2n) is 15.6. The molecule has 0 saturated heterocycles. The molecule has 49 heavy (non-hydrogen) atoms. The highest BCUT2D eigenvalue weighted by Gasteiger charge is 2.19. The molecular formula is C43H82O6. The van der Waals surface area contributed by atoms with Crippen LogP contribution in [0.4, 0.5) is 0 Å². The summed E-state index contributed by atoms with van der Waals surface area (Å²) < 4.78 is 16.6. The summed E-state index contributed by atoms with van der Waals surface area (Å²) >= 11 is 0. The molecule has 0 unspecified atom stereocenters. The fourth-order valence-electron chi connectivity index (χ4n) is 6.22. The van der Waals surface area contributed by atoms with E-state index in [0.717, 1.165) is 69.6 Å². The average Bonchev–Trinajstić information content (AvgIpc) is 3.06. The molecule has 0 fully saturated rings. The molecular weight excluding hydrogens is 612 g/mol. The Labute approximate surface area is 304 Å². The van der Waals surface area contributed by atoms with Crippen molar-refractivity contribution < 1.29 is 28.6 Å². The van der Waals surface area contributed by atoms with Gasteiger partial charge in [0.25, 0.3) is 0 Å². The van der Waals surface area contributed by atoms with Gasteiger partial charge in [0.2, 0.25) is 0 Å². The summed E-state index contributed by atoms with van der Waals surface area (Å²) in [4.78, 5) is 37.5. The predicted molar refractivity (Wildman–Crippen MR) is 206 cm³/mol. The molecule has 0 N–H and O–H groups in total. The minimum absolute atomic E-state index is 0.0664. The number of unbranched alkanes of at least 4 members (excludes halogenated alkanes) is 22. The van der Waals surface area contributed by atoms with Crippen molar-refractivity contribution in [3.63, 3.8) is 0 Å². The van der Waals surface area contributed by atoms with Crippen molar-refractivity contribution in [3.05, 3.63) is 0 Å². The van der Waals surface area contributed by atoms with Crippen LogP contribution in [0.2, 0.25) is 0 Å². The lowest BCUT2D eigenvalue weighted by molar-refractivity contribution is -0.167. The molecule has 0 aromatic carbocycles. The summed E-state index contributed by atoms with van der Waals surface area (Å²) in [6.07, 6.45) is 32.4. The molecule has 0 bridgehead atoms. The Bertz CT molecular complexity index is 749. The Morgan fingerprint density at radius 2 is 0.673 bits per heavy atom. The predicted octanol–water partition coefficient (Wildman–Crippen LogP) is 13.0. The monoisotopic (exact) mass is 695 g/mol. The van der Waals surface area contributed by atoms with Crippen LogP contribution in [0.1, 0.15) is 227 Å². The summed E-state index contributed by atoms with van der Waals surface area (Å²) in [5, 5.41) is 0. The molecule has 0 aliphatic heterocycles. The largest absolute Gasteiger partial charge is 0.462 e. The molecule has 6 heteroatoms. The van der Waals surface area contributed by atoms with Gasteiger partial charge in [0, 0.05) is 19.3 Å². The van der Waals surface area contributed by atoms with Crippen LogP contribution < -0.4 is 0 Å². The second-order valence-corrected chi connectivity index (χ2v) is 15.6. The van der Waals surface area contributed by atoms with Crippen LogP contribution in [0.3, 0.4) is 0 Å². The number of hydrogen-bond acceptors (Lipinski definition) is 6. The van der Waals surface area contributed by atoms with E-state index in [0.29, 0.717) is 19.3 Å². The molecule has 0 heterocycles. The number of esters is 3. The molecule has 0 aliphatic rings. The highest BCUT2D eigenvalue weighted by atomic mass is 16.6. The molecule has 0 amide bonds. The Morgan fingerprint density at radius 1 is 0.388 bits per heavy atom. The molecule has 0 aliphatic carbocycles. The van der Waals surface area contributed by atoms with E-state index < -0.39 is 6.10 Å². The number of carbonyl (C=O) groups excluding carboxylic acids is 3. The lowest BCUT2D eigenvalue weighted by Crippen LogP contribution is -2.30. The van der Waals surface area contributed by atoms with Crippen molar-refractivity contribution in [2.45, 2.75) is 233 Å². The van der Waals surface area contributed by atoms with Gasteiger partial charge in [-0.1, -0.05) is 189 Å². The maximum atomic E-state index is 12.6. The van der Waals surface area contributed by atoms with Crippen LogP contribution in [0.15, 0.2) is 0 Å². The smallest absolute Gasteiger partial charge is 0.306 e. The Morgan fingerprint density at radius 3 is 1.00 bits per heavy atom. The van der Waals surface area contributed by atoms with Crippen molar-refractivity contribution in [3.8, 4) is 0 Å². The summed E-state index contributed by atoms with van der Waals surface area (Å²) in [6.45, 7) is 11.2. The fourth-order valence-corrected chi connectivity index (χ4v) is 6.22. The van der Waals surface area contributed by atoms with Crippen molar-refractivity contribution in [2.24, 2.45) is 11.8 Å². The van der Waals surface area contributed by atoms with Gasteiger partial charge in [-0.15, -0.1) is 0 Å². The van der Waals surface area contributed by atoms with Crippen LogP contribution in [-0.2, 0) is 28.6 Å². The normalized spacial score (nSPS) is 12.1. The summed E-state index contributed by atoms with van der Waals surface area (Å²) in [7, 11) is 0. The van der Waals surface area contributed by atoms with Gasteiger partial charge in [-0.3, -0.25) is 14.4 Å². The Balaban J connectivity index is 4.35. The maximum Gasteiger partial charge on any atom is 0.306 e. The highest BCUT2D eigenvalue weighted by Crippen LogP contribution is 2.16. The first kappa shape index (κ1) is 47.4. The molecule has 0 radical (unpaired) electrons. The van der Waals surface area contributed by atoms with Crippen LogP contribution in [0.5, 0.6) is 0 Å². The summed E-state index contributed by atoms with van der Waals surface area (Å²) in [5.74, 6) is 0.711. The molecule has 0 rings (SSSR count). The minimum atomic E-state index is -0.759. The lowest BCUT2D eigenvalue weighted by Gasteiger charge is -2.18. The van der Waals surface area contributed by atoms with Gasteiger partial charge in [-0.2, -0.15) is 0 Å². The van der Waals surface area contributed by atoms with Crippen LogP contribution in [-0.4, -0.2) is 37.2 Å². The third-order valence-corrected chi connectivity index (χ3v) is 9.47. The topological polar surface area (TPSA) is 78.9 Å². The summed E-state index contributed by atoms with van der Waals surface area (Å²) in [6, 6.07) is 0. The van der Waals surface area contributed by atoms with E-state index in [9.17, 15) is 14.4 Å². The zero-order valence-electron chi connectivity index (χ0n) is 33.3. The Hall–Kier alpha value is -1.59. The standard InChI is InChI=1S/C43H82O6/c1-6-7-8-9-10-11-12-19-25-30-35-43(46)49-40(37-48-42(45)34-29-24-20-15-17-22-27-32-39(4)5)36-47-41(44)33-28-23-18-14-13-16-21-26-31-38(2)3/h38-40H,6-37H2,1-5H3/t40-/m1/s1. The molecule has 0 aromatic heterocycles. The third kappa shape index (κ3) is 37.5. The first-order valence-corrected chi connectivity index (χ1v) is 21.2. The molecule has 290 valence electrons. The minimum Gasteiger partial charge on any atom is -0.462 e. The SMILES string of the molecule is CCCCCCCCCCCCC(=O)O[C@H](COC(=O)CCCCCCCCCCC(C)C)COC(=O)CCCCCCCCCC(C)C. The maximum absolute atomic E-state index is 12.6. The number of ether oxygens (including phenoxy) is 3. The van der Waals surface area contributed by atoms with Crippen molar-refractivity contribution >= 4 is 17.9 Å². The van der Waals surface area contributed by atoms with E-state index in [4.69, 9.17) is 14.2 Å². The number of hydrogen-bond donors (Lipinski definition) is 0. The van der Waals surface area contributed by atoms with Crippen molar-refractivity contribution in [1.82, 2.24) is 0 Å². The van der Waals surface area contributed by atoms with E-state index in [1.807, 2.05) is 0 Å². The Kier molecular flexibility index (Phi) is 35.0.